The van der Waals surface area contributed by atoms with E-state index < -0.39 is 9.84 Å². The molecule has 0 radical (unpaired) electrons. The Morgan fingerprint density at radius 2 is 1.56 bits per heavy atom. The van der Waals surface area contributed by atoms with Crippen LogP contribution < -0.4 is 0 Å². The van der Waals surface area contributed by atoms with Gasteiger partial charge in [-0.25, -0.2) is 18.4 Å². The van der Waals surface area contributed by atoms with Gasteiger partial charge in [0.25, 0.3) is 0 Å². The van der Waals surface area contributed by atoms with Gasteiger partial charge in [-0.15, -0.1) is 0 Å². The van der Waals surface area contributed by atoms with Gasteiger partial charge < -0.3 is 0 Å². The predicted octanol–water partition coefficient (Wildman–Crippen LogP) is 2.48. The van der Waals surface area contributed by atoms with Crippen molar-refractivity contribution in [2.75, 3.05) is 6.26 Å². The van der Waals surface area contributed by atoms with Crippen LogP contribution in [0.2, 0.25) is 10.3 Å². The summed E-state index contributed by atoms with van der Waals surface area (Å²) < 4.78 is 22.6. The van der Waals surface area contributed by atoms with Crippen LogP contribution in [-0.4, -0.2) is 24.6 Å². The first-order chi connectivity index (χ1) is 7.03. The summed E-state index contributed by atoms with van der Waals surface area (Å²) in [5.74, 6) is 0. The molecule has 90 valence electrons. The lowest BCUT2D eigenvalue weighted by atomic mass is 9.93. The third-order valence-corrected chi connectivity index (χ3v) is 3.47. The van der Waals surface area contributed by atoms with Crippen LogP contribution in [0.15, 0.2) is 5.03 Å². The molecule has 0 aromatic carbocycles. The fraction of sp³-hybridized carbons (Fsp3) is 0.556. The lowest BCUT2D eigenvalue weighted by Gasteiger charge is -2.19. The van der Waals surface area contributed by atoms with Gasteiger partial charge in [-0.05, 0) is 0 Å². The Balaban J connectivity index is 3.52. The second-order valence-corrected chi connectivity index (χ2v) is 7.13. The molecule has 0 saturated carbocycles. The molecule has 0 unspecified atom stereocenters. The predicted molar refractivity (Wildman–Crippen MR) is 63.9 cm³/mol. The Morgan fingerprint density at radius 1 is 1.06 bits per heavy atom. The van der Waals surface area contributed by atoms with Crippen molar-refractivity contribution in [2.45, 2.75) is 31.2 Å². The molecule has 0 aliphatic heterocycles. The first-order valence-corrected chi connectivity index (χ1v) is 7.12. The molecule has 0 aliphatic rings. The van der Waals surface area contributed by atoms with E-state index in [1.54, 1.807) is 0 Å². The largest absolute Gasteiger partial charge is 0.234 e. The molecule has 1 heterocycles. The van der Waals surface area contributed by atoms with Crippen LogP contribution in [0.25, 0.3) is 0 Å². The number of aromatic nitrogens is 2. The van der Waals surface area contributed by atoms with Crippen LogP contribution in [0, 0.1) is 0 Å². The second kappa shape index (κ2) is 4.13. The molecule has 4 nitrogen and oxygen atoms in total. The number of hydrogen-bond donors (Lipinski definition) is 0. The van der Waals surface area contributed by atoms with Crippen molar-refractivity contribution < 1.29 is 8.42 Å². The van der Waals surface area contributed by atoms with Gasteiger partial charge in [0.05, 0.1) is 5.69 Å². The van der Waals surface area contributed by atoms with Crippen LogP contribution >= 0.6 is 23.2 Å². The molecule has 0 aliphatic carbocycles. The zero-order chi connectivity index (χ0) is 12.7. The molecular formula is C9H12Cl2N2O2S. The number of hydrogen-bond acceptors (Lipinski definition) is 4. The van der Waals surface area contributed by atoms with Gasteiger partial charge >= 0.3 is 0 Å². The van der Waals surface area contributed by atoms with E-state index in [0.717, 1.165) is 6.26 Å². The average molecular weight is 283 g/mol. The van der Waals surface area contributed by atoms with E-state index in [4.69, 9.17) is 23.2 Å². The molecule has 0 saturated heterocycles. The summed E-state index contributed by atoms with van der Waals surface area (Å²) in [6, 6.07) is 0. The normalized spacial score (nSPS) is 12.9. The Bertz CT molecular complexity index is 521. The van der Waals surface area contributed by atoms with Crippen molar-refractivity contribution in [2.24, 2.45) is 0 Å². The summed E-state index contributed by atoms with van der Waals surface area (Å²) in [7, 11) is -3.51. The van der Waals surface area contributed by atoms with Gasteiger partial charge in [-0.2, -0.15) is 0 Å². The lowest BCUT2D eigenvalue weighted by Crippen LogP contribution is -2.17. The zero-order valence-corrected chi connectivity index (χ0v) is 11.7. The Morgan fingerprint density at radius 3 is 1.94 bits per heavy atom. The van der Waals surface area contributed by atoms with Crippen LogP contribution in [0.4, 0.5) is 0 Å². The molecule has 0 spiro atoms. The van der Waals surface area contributed by atoms with Gasteiger partial charge in [-0.1, -0.05) is 44.0 Å². The van der Waals surface area contributed by atoms with Crippen molar-refractivity contribution in [1.29, 1.82) is 0 Å². The number of halogens is 2. The molecule has 1 aromatic rings. The molecule has 0 fully saturated rings. The van der Waals surface area contributed by atoms with E-state index in [2.05, 4.69) is 9.97 Å². The summed E-state index contributed by atoms with van der Waals surface area (Å²) in [5.41, 5.74) is 0.135. The van der Waals surface area contributed by atoms with Crippen LogP contribution in [-0.2, 0) is 15.3 Å². The van der Waals surface area contributed by atoms with Gasteiger partial charge in [0.2, 0.25) is 0 Å². The van der Waals surface area contributed by atoms with Gasteiger partial charge in [-0.3, -0.25) is 0 Å². The Hall–Kier alpha value is -0.390. The molecule has 1 rings (SSSR count). The molecule has 0 amide bonds. The van der Waals surface area contributed by atoms with Crippen molar-refractivity contribution in [3.8, 4) is 0 Å². The average Bonchev–Trinajstić information content (AvgIpc) is 2.04. The smallest absolute Gasteiger partial charge is 0.195 e. The van der Waals surface area contributed by atoms with Crippen LogP contribution in [0.5, 0.6) is 0 Å². The molecule has 16 heavy (non-hydrogen) atoms. The van der Waals surface area contributed by atoms with Crippen LogP contribution in [0.1, 0.15) is 26.5 Å². The van der Waals surface area contributed by atoms with Crippen molar-refractivity contribution in [1.82, 2.24) is 9.97 Å². The highest BCUT2D eigenvalue weighted by molar-refractivity contribution is 7.90. The van der Waals surface area contributed by atoms with E-state index >= 15 is 0 Å². The molecule has 0 atom stereocenters. The summed E-state index contributed by atoms with van der Waals surface area (Å²) >= 11 is 11.7. The highest BCUT2D eigenvalue weighted by Crippen LogP contribution is 2.29. The first kappa shape index (κ1) is 13.7. The van der Waals surface area contributed by atoms with E-state index in [9.17, 15) is 8.42 Å². The Labute approximate surface area is 105 Å². The van der Waals surface area contributed by atoms with Crippen molar-refractivity contribution >= 4 is 33.0 Å². The minimum atomic E-state index is -3.51. The topological polar surface area (TPSA) is 59.9 Å². The monoisotopic (exact) mass is 282 g/mol. The highest BCUT2D eigenvalue weighted by Gasteiger charge is 2.25. The zero-order valence-electron chi connectivity index (χ0n) is 9.38. The van der Waals surface area contributed by atoms with Gasteiger partial charge in [0, 0.05) is 11.7 Å². The van der Waals surface area contributed by atoms with Gasteiger partial charge in [0.1, 0.15) is 0 Å². The molecular weight excluding hydrogens is 271 g/mol. The van der Waals surface area contributed by atoms with Crippen LogP contribution in [0.3, 0.4) is 0 Å². The van der Waals surface area contributed by atoms with Crippen molar-refractivity contribution in [3.05, 3.63) is 16.0 Å². The fourth-order valence-corrected chi connectivity index (χ4v) is 2.71. The third kappa shape index (κ3) is 2.84. The fourth-order valence-electron chi connectivity index (χ4n) is 1.09. The SMILES string of the molecule is CC(C)(C)c1nc(Cl)c(S(C)(=O)=O)nc1Cl. The van der Waals surface area contributed by atoms with E-state index in [1.807, 2.05) is 20.8 Å². The van der Waals surface area contributed by atoms with E-state index in [1.165, 1.54) is 0 Å². The van der Waals surface area contributed by atoms with Gasteiger partial charge in [0.15, 0.2) is 25.2 Å². The second-order valence-electron chi connectivity index (χ2n) is 4.48. The molecule has 0 N–H and O–H groups in total. The minimum Gasteiger partial charge on any atom is -0.234 e. The standard InChI is InChI=1S/C9H12Cl2N2O2S/c1-9(2,3)5-6(10)13-8(7(11)12-5)16(4,14)15/h1-4H3. The molecule has 7 heteroatoms. The summed E-state index contributed by atoms with van der Waals surface area (Å²) in [4.78, 5) is 7.80. The lowest BCUT2D eigenvalue weighted by molar-refractivity contribution is 0.559. The van der Waals surface area contributed by atoms with E-state index in [0.29, 0.717) is 5.69 Å². The third-order valence-electron chi connectivity index (χ3n) is 1.84. The molecule has 1 aromatic heterocycles. The first-order valence-electron chi connectivity index (χ1n) is 4.47. The minimum absolute atomic E-state index is 0.0670. The van der Waals surface area contributed by atoms with E-state index in [-0.39, 0.29) is 20.7 Å². The summed E-state index contributed by atoms with van der Waals surface area (Å²) in [5, 5.41) is -0.360. The summed E-state index contributed by atoms with van der Waals surface area (Å²) in [6.45, 7) is 5.66. The number of nitrogens with zero attached hydrogens (tertiary/aromatic N) is 2. The van der Waals surface area contributed by atoms with Crippen molar-refractivity contribution in [3.63, 3.8) is 0 Å². The summed E-state index contributed by atoms with van der Waals surface area (Å²) in [6.07, 6.45) is 1.01. The highest BCUT2D eigenvalue weighted by atomic mass is 35.5. The molecule has 0 bridgehead atoms. The number of sulfone groups is 1. The maximum absolute atomic E-state index is 11.3. The number of rotatable bonds is 1. The Kier molecular flexibility index (Phi) is 3.53. The maximum atomic E-state index is 11.3. The maximum Gasteiger partial charge on any atom is 0.195 e. The quantitative estimate of drug-likeness (QED) is 0.794.